The number of hydrogen-bond acceptors (Lipinski definition) is 1. The highest BCUT2D eigenvalue weighted by Gasteiger charge is 2.38. The zero-order chi connectivity index (χ0) is 18.7. The molecular weight excluding hydrogens is 292 g/mol. The predicted octanol–water partition coefficient (Wildman–Crippen LogP) is 7.14. The summed E-state index contributed by atoms with van der Waals surface area (Å²) in [5.74, 6) is 3.92. The van der Waals surface area contributed by atoms with Gasteiger partial charge in [0, 0.05) is 11.3 Å². The third-order valence-corrected chi connectivity index (χ3v) is 6.49. The molecule has 0 saturated heterocycles. The Kier molecular flexibility index (Phi) is 7.57. The van der Waals surface area contributed by atoms with Crippen molar-refractivity contribution in [2.24, 2.45) is 40.4 Å². The largest absolute Gasteiger partial charge is 0.299 e. The molecule has 1 nitrogen and oxygen atoms in total. The first-order valence-corrected chi connectivity index (χ1v) is 10.4. The molecule has 0 N–H and O–H groups in total. The SMILES string of the molecule is CC(C)CC(C)C1CCCC(C(C)(C)CC(C)C(=O)C(C)(C)C)C1. The van der Waals surface area contributed by atoms with Crippen LogP contribution in [0.3, 0.4) is 0 Å². The topological polar surface area (TPSA) is 17.1 Å². The molecule has 0 aromatic carbocycles. The molecule has 1 aliphatic carbocycles. The van der Waals surface area contributed by atoms with Gasteiger partial charge >= 0.3 is 0 Å². The van der Waals surface area contributed by atoms with Crippen LogP contribution < -0.4 is 0 Å². The summed E-state index contributed by atoms with van der Waals surface area (Å²) in [6.45, 7) is 20.3. The van der Waals surface area contributed by atoms with Gasteiger partial charge in [-0.3, -0.25) is 4.79 Å². The van der Waals surface area contributed by atoms with E-state index in [1.54, 1.807) is 0 Å². The van der Waals surface area contributed by atoms with E-state index in [9.17, 15) is 4.79 Å². The first kappa shape index (κ1) is 21.7. The maximum absolute atomic E-state index is 12.6. The highest BCUT2D eigenvalue weighted by molar-refractivity contribution is 5.85. The Morgan fingerprint density at radius 3 is 2.08 bits per heavy atom. The third kappa shape index (κ3) is 6.19. The minimum atomic E-state index is -0.212. The van der Waals surface area contributed by atoms with Crippen LogP contribution in [-0.4, -0.2) is 5.78 Å². The van der Waals surface area contributed by atoms with Gasteiger partial charge in [-0.25, -0.2) is 0 Å². The summed E-state index contributed by atoms with van der Waals surface area (Å²) in [5.41, 5.74) is 0.0624. The minimum Gasteiger partial charge on any atom is -0.299 e. The number of rotatable bonds is 7. The first-order chi connectivity index (χ1) is 10.8. The van der Waals surface area contributed by atoms with E-state index in [2.05, 4.69) is 62.3 Å². The molecule has 4 atom stereocenters. The number of carbonyl (C=O) groups is 1. The van der Waals surface area contributed by atoms with Gasteiger partial charge in [0.25, 0.3) is 0 Å². The van der Waals surface area contributed by atoms with Crippen LogP contribution >= 0.6 is 0 Å². The average molecular weight is 337 g/mol. The van der Waals surface area contributed by atoms with Gasteiger partial charge in [0.2, 0.25) is 0 Å². The Balaban J connectivity index is 2.70. The summed E-state index contributed by atoms with van der Waals surface area (Å²) >= 11 is 0. The molecule has 0 radical (unpaired) electrons. The summed E-state index contributed by atoms with van der Waals surface area (Å²) in [5, 5.41) is 0. The monoisotopic (exact) mass is 336 g/mol. The van der Waals surface area contributed by atoms with Crippen molar-refractivity contribution in [3.8, 4) is 0 Å². The van der Waals surface area contributed by atoms with E-state index >= 15 is 0 Å². The molecular formula is C23H44O. The van der Waals surface area contributed by atoms with Crippen molar-refractivity contribution in [1.82, 2.24) is 0 Å². The molecule has 142 valence electrons. The van der Waals surface area contributed by atoms with E-state index in [1.165, 1.54) is 32.1 Å². The van der Waals surface area contributed by atoms with Gasteiger partial charge in [-0.2, -0.15) is 0 Å². The van der Waals surface area contributed by atoms with Crippen molar-refractivity contribution in [3.05, 3.63) is 0 Å². The maximum Gasteiger partial charge on any atom is 0.141 e. The smallest absolute Gasteiger partial charge is 0.141 e. The molecule has 4 unspecified atom stereocenters. The van der Waals surface area contributed by atoms with Crippen molar-refractivity contribution < 1.29 is 4.79 Å². The Morgan fingerprint density at radius 2 is 1.58 bits per heavy atom. The summed E-state index contributed by atoms with van der Waals surface area (Å²) < 4.78 is 0. The van der Waals surface area contributed by atoms with Gasteiger partial charge in [0.05, 0.1) is 0 Å². The molecule has 0 amide bonds. The summed E-state index contributed by atoms with van der Waals surface area (Å²) in [7, 11) is 0. The van der Waals surface area contributed by atoms with Crippen LogP contribution in [-0.2, 0) is 4.79 Å². The van der Waals surface area contributed by atoms with Crippen LogP contribution in [0.25, 0.3) is 0 Å². The molecule has 0 aliphatic heterocycles. The van der Waals surface area contributed by atoms with Gasteiger partial charge in [-0.1, -0.05) is 75.2 Å². The van der Waals surface area contributed by atoms with Gasteiger partial charge in [0.15, 0.2) is 0 Å². The Bertz CT molecular complexity index is 399. The molecule has 0 heterocycles. The van der Waals surface area contributed by atoms with Gasteiger partial charge in [0.1, 0.15) is 5.78 Å². The summed E-state index contributed by atoms with van der Waals surface area (Å²) in [6.07, 6.45) is 7.92. The molecule has 0 spiro atoms. The van der Waals surface area contributed by atoms with Crippen molar-refractivity contribution in [1.29, 1.82) is 0 Å². The lowest BCUT2D eigenvalue weighted by atomic mass is 9.62. The average Bonchev–Trinajstić information content (AvgIpc) is 2.44. The summed E-state index contributed by atoms with van der Waals surface area (Å²) in [4.78, 5) is 12.6. The molecule has 1 fully saturated rings. The van der Waals surface area contributed by atoms with E-state index in [0.29, 0.717) is 5.78 Å². The lowest BCUT2D eigenvalue weighted by molar-refractivity contribution is -0.131. The molecule has 0 aromatic rings. The lowest BCUT2D eigenvalue weighted by Crippen LogP contribution is -2.36. The number of ketones is 1. The van der Waals surface area contributed by atoms with E-state index < -0.39 is 0 Å². The quantitative estimate of drug-likeness (QED) is 0.482. The second-order valence-corrected chi connectivity index (χ2v) is 10.9. The van der Waals surface area contributed by atoms with Crippen LogP contribution in [0.15, 0.2) is 0 Å². The molecule has 1 saturated carbocycles. The van der Waals surface area contributed by atoms with Crippen molar-refractivity contribution >= 4 is 5.78 Å². The first-order valence-electron chi connectivity index (χ1n) is 10.4. The van der Waals surface area contributed by atoms with E-state index in [0.717, 1.165) is 30.1 Å². The normalized spacial score (nSPS) is 25.6. The Labute approximate surface area is 152 Å². The van der Waals surface area contributed by atoms with Crippen LogP contribution in [0.2, 0.25) is 0 Å². The zero-order valence-electron chi connectivity index (χ0n) is 18.0. The van der Waals surface area contributed by atoms with Crippen molar-refractivity contribution in [2.45, 2.75) is 101 Å². The zero-order valence-corrected chi connectivity index (χ0v) is 18.0. The van der Waals surface area contributed by atoms with Crippen LogP contribution in [0.1, 0.15) is 101 Å². The molecule has 1 aliphatic rings. The van der Waals surface area contributed by atoms with Gasteiger partial charge in [-0.05, 0) is 54.8 Å². The molecule has 1 rings (SSSR count). The molecule has 0 bridgehead atoms. The molecule has 1 heteroatoms. The fourth-order valence-electron chi connectivity index (χ4n) is 5.18. The standard InChI is InChI=1S/C23H44O/c1-16(2)13-17(3)19-11-10-12-20(14-19)23(8,9)15-18(4)21(24)22(5,6)7/h16-20H,10-15H2,1-9H3. The van der Waals surface area contributed by atoms with E-state index in [-0.39, 0.29) is 16.7 Å². The van der Waals surface area contributed by atoms with Crippen molar-refractivity contribution in [2.75, 3.05) is 0 Å². The molecule has 0 aromatic heterocycles. The van der Waals surface area contributed by atoms with Crippen LogP contribution in [0.5, 0.6) is 0 Å². The van der Waals surface area contributed by atoms with Crippen LogP contribution in [0.4, 0.5) is 0 Å². The second-order valence-electron chi connectivity index (χ2n) is 10.9. The van der Waals surface area contributed by atoms with Gasteiger partial charge < -0.3 is 0 Å². The molecule has 24 heavy (non-hydrogen) atoms. The number of hydrogen-bond donors (Lipinski definition) is 0. The minimum absolute atomic E-state index is 0.175. The highest BCUT2D eigenvalue weighted by Crippen LogP contribution is 2.47. The second kappa shape index (κ2) is 8.37. The number of Topliss-reactive ketones (excluding diaryl/α,β-unsaturated/α-hetero) is 1. The summed E-state index contributed by atoms with van der Waals surface area (Å²) in [6, 6.07) is 0. The number of carbonyl (C=O) groups excluding carboxylic acids is 1. The van der Waals surface area contributed by atoms with Crippen molar-refractivity contribution in [3.63, 3.8) is 0 Å². The highest BCUT2D eigenvalue weighted by atomic mass is 16.1. The third-order valence-electron chi connectivity index (χ3n) is 6.49. The van der Waals surface area contributed by atoms with E-state index in [4.69, 9.17) is 0 Å². The Hall–Kier alpha value is -0.330. The Morgan fingerprint density at radius 1 is 1.00 bits per heavy atom. The van der Waals surface area contributed by atoms with Gasteiger partial charge in [-0.15, -0.1) is 0 Å². The fraction of sp³-hybridized carbons (Fsp3) is 0.957. The fourth-order valence-corrected chi connectivity index (χ4v) is 5.18. The van der Waals surface area contributed by atoms with Crippen LogP contribution in [0, 0.1) is 40.4 Å². The maximum atomic E-state index is 12.6. The lowest BCUT2D eigenvalue weighted by Gasteiger charge is -2.43. The predicted molar refractivity (Wildman–Crippen MR) is 106 cm³/mol. The van der Waals surface area contributed by atoms with E-state index in [1.807, 2.05) is 0 Å².